The van der Waals surface area contributed by atoms with E-state index in [1.807, 2.05) is 0 Å². The number of hydrogen-bond acceptors (Lipinski definition) is 2. The molecule has 1 N–H and O–H groups in total. The number of carbonyl (C=O) groups excluding carboxylic acids is 2. The van der Waals surface area contributed by atoms with Crippen LogP contribution in [-0.2, 0) is 16.1 Å². The quantitative estimate of drug-likeness (QED) is 0.897. The molecule has 2 rings (SSSR count). The van der Waals surface area contributed by atoms with Gasteiger partial charge in [0.05, 0.1) is 5.02 Å². The summed E-state index contributed by atoms with van der Waals surface area (Å²) in [5.74, 6) is -1.92. The Morgan fingerprint density at radius 3 is 2.46 bits per heavy atom. The number of halogens is 3. The molecule has 0 bridgehead atoms. The van der Waals surface area contributed by atoms with Crippen LogP contribution in [0.2, 0.25) is 5.02 Å². The van der Waals surface area contributed by atoms with Gasteiger partial charge in [-0.25, -0.2) is 8.78 Å². The zero-order valence-corrected chi connectivity index (χ0v) is 13.6. The van der Waals surface area contributed by atoms with E-state index in [1.54, 1.807) is 18.2 Å². The highest BCUT2D eigenvalue weighted by Crippen LogP contribution is 2.22. The molecule has 2 aromatic carbocycles. The molecule has 4 nitrogen and oxygen atoms in total. The van der Waals surface area contributed by atoms with E-state index < -0.39 is 23.4 Å². The van der Waals surface area contributed by atoms with Gasteiger partial charge in [0.15, 0.2) is 0 Å². The van der Waals surface area contributed by atoms with Crippen molar-refractivity contribution < 1.29 is 18.4 Å². The molecule has 0 heterocycles. The Kier molecular flexibility index (Phi) is 5.87. The van der Waals surface area contributed by atoms with E-state index in [0.29, 0.717) is 11.3 Å². The summed E-state index contributed by atoms with van der Waals surface area (Å²) < 4.78 is 26.7. The van der Waals surface area contributed by atoms with E-state index in [-0.39, 0.29) is 18.1 Å². The standard InChI is InChI=1S/C17H15ClF2N2O2/c1-11(23)22(13-6-7-16(20)14(18)8-13)10-17(24)21-9-12-4-2-3-5-15(12)19/h2-8H,9-10H2,1H3,(H,21,24). The first-order valence-corrected chi connectivity index (χ1v) is 7.49. The highest BCUT2D eigenvalue weighted by Gasteiger charge is 2.17. The zero-order valence-electron chi connectivity index (χ0n) is 12.9. The van der Waals surface area contributed by atoms with E-state index in [4.69, 9.17) is 11.6 Å². The SMILES string of the molecule is CC(=O)N(CC(=O)NCc1ccccc1F)c1ccc(F)c(Cl)c1. The Labute approximate surface area is 143 Å². The summed E-state index contributed by atoms with van der Waals surface area (Å²) in [5.41, 5.74) is 0.639. The lowest BCUT2D eigenvalue weighted by atomic mass is 10.2. The van der Waals surface area contributed by atoms with Crippen molar-refractivity contribution in [1.29, 1.82) is 0 Å². The van der Waals surface area contributed by atoms with Gasteiger partial charge in [-0.2, -0.15) is 0 Å². The van der Waals surface area contributed by atoms with Crippen LogP contribution in [0.25, 0.3) is 0 Å². The van der Waals surface area contributed by atoms with Crippen molar-refractivity contribution in [3.8, 4) is 0 Å². The molecule has 0 aliphatic rings. The molecule has 7 heteroatoms. The van der Waals surface area contributed by atoms with Crippen molar-refractivity contribution in [3.05, 3.63) is 64.7 Å². The van der Waals surface area contributed by atoms with Crippen LogP contribution in [0.4, 0.5) is 14.5 Å². The fraction of sp³-hybridized carbons (Fsp3) is 0.176. The molecular weight excluding hydrogens is 338 g/mol. The summed E-state index contributed by atoms with van der Waals surface area (Å²) in [4.78, 5) is 24.9. The fourth-order valence-corrected chi connectivity index (χ4v) is 2.25. The van der Waals surface area contributed by atoms with Gasteiger partial charge in [0.2, 0.25) is 11.8 Å². The average molecular weight is 353 g/mol. The first-order chi connectivity index (χ1) is 11.4. The molecule has 0 saturated heterocycles. The zero-order chi connectivity index (χ0) is 17.7. The third kappa shape index (κ3) is 4.52. The molecule has 0 aliphatic heterocycles. The van der Waals surface area contributed by atoms with E-state index >= 15 is 0 Å². The Bertz CT molecular complexity index is 768. The fourth-order valence-electron chi connectivity index (χ4n) is 2.07. The maximum Gasteiger partial charge on any atom is 0.240 e. The second kappa shape index (κ2) is 7.88. The minimum absolute atomic E-state index is 0.00141. The average Bonchev–Trinajstić information content (AvgIpc) is 2.54. The number of amides is 2. The van der Waals surface area contributed by atoms with Gasteiger partial charge in [0.25, 0.3) is 0 Å². The predicted molar refractivity (Wildman–Crippen MR) is 87.7 cm³/mol. The van der Waals surface area contributed by atoms with Crippen molar-refractivity contribution in [2.24, 2.45) is 0 Å². The monoisotopic (exact) mass is 352 g/mol. The summed E-state index contributed by atoms with van der Waals surface area (Å²) in [7, 11) is 0. The van der Waals surface area contributed by atoms with Crippen molar-refractivity contribution >= 4 is 29.1 Å². The Morgan fingerprint density at radius 1 is 1.12 bits per heavy atom. The number of nitrogens with zero attached hydrogens (tertiary/aromatic N) is 1. The molecule has 0 saturated carbocycles. The summed E-state index contributed by atoms with van der Waals surface area (Å²) in [5, 5.41) is 2.39. The van der Waals surface area contributed by atoms with Crippen LogP contribution in [0.5, 0.6) is 0 Å². The molecule has 126 valence electrons. The highest BCUT2D eigenvalue weighted by atomic mass is 35.5. The van der Waals surface area contributed by atoms with Crippen LogP contribution < -0.4 is 10.2 Å². The van der Waals surface area contributed by atoms with Gasteiger partial charge in [-0.05, 0) is 24.3 Å². The molecule has 0 unspecified atom stereocenters. The summed E-state index contributed by atoms with van der Waals surface area (Å²) >= 11 is 5.70. The van der Waals surface area contributed by atoms with Crippen LogP contribution in [0.15, 0.2) is 42.5 Å². The highest BCUT2D eigenvalue weighted by molar-refractivity contribution is 6.31. The molecule has 2 amide bonds. The summed E-state index contributed by atoms with van der Waals surface area (Å²) in [6.45, 7) is 0.995. The minimum atomic E-state index is -0.618. The van der Waals surface area contributed by atoms with Gasteiger partial charge in [-0.3, -0.25) is 9.59 Å². The van der Waals surface area contributed by atoms with Gasteiger partial charge in [-0.15, -0.1) is 0 Å². The van der Waals surface area contributed by atoms with E-state index in [0.717, 1.165) is 11.0 Å². The van der Waals surface area contributed by atoms with Crippen molar-refractivity contribution in [1.82, 2.24) is 5.32 Å². The van der Waals surface area contributed by atoms with E-state index in [2.05, 4.69) is 5.32 Å². The lowest BCUT2D eigenvalue weighted by Gasteiger charge is -2.21. The third-order valence-electron chi connectivity index (χ3n) is 3.33. The normalized spacial score (nSPS) is 10.3. The van der Waals surface area contributed by atoms with Gasteiger partial charge in [-0.1, -0.05) is 29.8 Å². The molecule has 0 spiro atoms. The second-order valence-corrected chi connectivity index (χ2v) is 5.48. The van der Waals surface area contributed by atoms with Crippen molar-refractivity contribution in [3.63, 3.8) is 0 Å². The Hall–Kier alpha value is -2.47. The molecule has 0 radical (unpaired) electrons. The van der Waals surface area contributed by atoms with E-state index in [9.17, 15) is 18.4 Å². The molecule has 0 aromatic heterocycles. The van der Waals surface area contributed by atoms with Crippen LogP contribution >= 0.6 is 11.6 Å². The Balaban J connectivity index is 2.05. The number of carbonyl (C=O) groups is 2. The summed E-state index contributed by atoms with van der Waals surface area (Å²) in [6.07, 6.45) is 0. The van der Waals surface area contributed by atoms with Crippen molar-refractivity contribution in [2.75, 3.05) is 11.4 Å². The maximum atomic E-state index is 13.5. The number of anilines is 1. The summed E-state index contributed by atoms with van der Waals surface area (Å²) in [6, 6.07) is 9.80. The van der Waals surface area contributed by atoms with Gasteiger partial charge < -0.3 is 10.2 Å². The predicted octanol–water partition coefficient (Wildman–Crippen LogP) is 3.29. The van der Waals surface area contributed by atoms with Crippen LogP contribution in [0, 0.1) is 11.6 Å². The van der Waals surface area contributed by atoms with Crippen molar-refractivity contribution in [2.45, 2.75) is 13.5 Å². The topological polar surface area (TPSA) is 49.4 Å². The number of nitrogens with one attached hydrogen (secondary N) is 1. The van der Waals surface area contributed by atoms with Crippen LogP contribution in [0.3, 0.4) is 0 Å². The van der Waals surface area contributed by atoms with Crippen LogP contribution in [0.1, 0.15) is 12.5 Å². The molecule has 0 fully saturated rings. The lowest BCUT2D eigenvalue weighted by Crippen LogP contribution is -2.39. The minimum Gasteiger partial charge on any atom is -0.350 e. The van der Waals surface area contributed by atoms with Gasteiger partial charge in [0.1, 0.15) is 18.2 Å². The molecule has 2 aromatic rings. The van der Waals surface area contributed by atoms with Gasteiger partial charge in [0, 0.05) is 24.7 Å². The first-order valence-electron chi connectivity index (χ1n) is 7.11. The molecular formula is C17H15ClF2N2O2. The third-order valence-corrected chi connectivity index (χ3v) is 3.62. The maximum absolute atomic E-state index is 13.5. The van der Waals surface area contributed by atoms with E-state index in [1.165, 1.54) is 25.1 Å². The molecule has 24 heavy (non-hydrogen) atoms. The largest absolute Gasteiger partial charge is 0.350 e. The smallest absolute Gasteiger partial charge is 0.240 e. The lowest BCUT2D eigenvalue weighted by molar-refractivity contribution is -0.123. The molecule has 0 aliphatic carbocycles. The Morgan fingerprint density at radius 2 is 1.83 bits per heavy atom. The van der Waals surface area contributed by atoms with Crippen LogP contribution in [-0.4, -0.2) is 18.4 Å². The van der Waals surface area contributed by atoms with Gasteiger partial charge >= 0.3 is 0 Å². The number of rotatable bonds is 5. The number of hydrogen-bond donors (Lipinski definition) is 1. The molecule has 0 atom stereocenters. The first kappa shape index (κ1) is 17.9. The number of benzene rings is 2. The second-order valence-electron chi connectivity index (χ2n) is 5.07.